The van der Waals surface area contributed by atoms with E-state index in [0.29, 0.717) is 11.9 Å². The number of hydrogen-bond donors (Lipinski definition) is 0. The SMILES string of the molecule is CC(C)OCCCCCCS(C)(=O)=O. The van der Waals surface area contributed by atoms with E-state index in [1.807, 2.05) is 13.8 Å². The summed E-state index contributed by atoms with van der Waals surface area (Å²) < 4.78 is 26.9. The van der Waals surface area contributed by atoms with Gasteiger partial charge in [-0.05, 0) is 26.7 Å². The minimum absolute atomic E-state index is 0.297. The van der Waals surface area contributed by atoms with Gasteiger partial charge in [0, 0.05) is 18.6 Å². The molecule has 0 aromatic carbocycles. The predicted molar refractivity (Wildman–Crippen MR) is 59.3 cm³/mol. The molecule has 0 unspecified atom stereocenters. The molecule has 0 radical (unpaired) electrons. The lowest BCUT2D eigenvalue weighted by Gasteiger charge is -2.06. The van der Waals surface area contributed by atoms with Crippen molar-refractivity contribution in [3.05, 3.63) is 0 Å². The Morgan fingerprint density at radius 1 is 1.07 bits per heavy atom. The first-order valence-electron chi connectivity index (χ1n) is 5.21. The van der Waals surface area contributed by atoms with E-state index < -0.39 is 9.84 Å². The molecule has 0 saturated carbocycles. The quantitative estimate of drug-likeness (QED) is 0.590. The van der Waals surface area contributed by atoms with Gasteiger partial charge >= 0.3 is 0 Å². The standard InChI is InChI=1S/C10H22O3S/c1-10(2)13-8-6-4-5-7-9-14(3,11)12/h10H,4-9H2,1-3H3. The third kappa shape index (κ3) is 11.9. The number of unbranched alkanes of at least 4 members (excludes halogenated alkanes) is 3. The fraction of sp³-hybridized carbons (Fsp3) is 1.00. The van der Waals surface area contributed by atoms with Crippen LogP contribution in [-0.4, -0.2) is 33.1 Å². The van der Waals surface area contributed by atoms with Gasteiger partial charge in [0.05, 0.1) is 6.10 Å². The third-order valence-corrected chi connectivity index (χ3v) is 2.89. The summed E-state index contributed by atoms with van der Waals surface area (Å²) in [6.07, 6.45) is 5.43. The topological polar surface area (TPSA) is 43.4 Å². The average Bonchev–Trinajstić information content (AvgIpc) is 2.00. The molecule has 4 heteroatoms. The fourth-order valence-electron chi connectivity index (χ4n) is 1.14. The third-order valence-electron chi connectivity index (χ3n) is 1.86. The summed E-state index contributed by atoms with van der Waals surface area (Å²) in [6.45, 7) is 4.82. The molecule has 0 aromatic heterocycles. The first-order chi connectivity index (χ1) is 6.42. The zero-order chi connectivity index (χ0) is 11.0. The Labute approximate surface area is 87.8 Å². The van der Waals surface area contributed by atoms with Gasteiger partial charge in [0.15, 0.2) is 0 Å². The van der Waals surface area contributed by atoms with Crippen LogP contribution in [0, 0.1) is 0 Å². The van der Waals surface area contributed by atoms with Crippen molar-refractivity contribution in [3.63, 3.8) is 0 Å². The number of sulfone groups is 1. The van der Waals surface area contributed by atoms with Crippen molar-refractivity contribution >= 4 is 9.84 Å². The molecular formula is C10H22O3S. The molecule has 0 fully saturated rings. The minimum Gasteiger partial charge on any atom is -0.379 e. The lowest BCUT2D eigenvalue weighted by atomic mass is 10.2. The second-order valence-corrected chi connectivity index (χ2v) is 6.22. The molecule has 0 aromatic rings. The van der Waals surface area contributed by atoms with Crippen LogP contribution in [0.2, 0.25) is 0 Å². The molecule has 86 valence electrons. The largest absolute Gasteiger partial charge is 0.379 e. The van der Waals surface area contributed by atoms with E-state index in [0.717, 1.165) is 32.3 Å². The maximum absolute atomic E-state index is 10.8. The normalized spacial score (nSPS) is 12.3. The molecule has 0 amide bonds. The van der Waals surface area contributed by atoms with Crippen LogP contribution in [0.1, 0.15) is 39.5 Å². The lowest BCUT2D eigenvalue weighted by Crippen LogP contribution is -2.04. The first-order valence-corrected chi connectivity index (χ1v) is 7.27. The van der Waals surface area contributed by atoms with Crippen LogP contribution in [0.5, 0.6) is 0 Å². The average molecular weight is 222 g/mol. The van der Waals surface area contributed by atoms with Crippen LogP contribution in [0.15, 0.2) is 0 Å². The van der Waals surface area contributed by atoms with Gasteiger partial charge in [-0.2, -0.15) is 0 Å². The monoisotopic (exact) mass is 222 g/mol. The van der Waals surface area contributed by atoms with Gasteiger partial charge in [-0.1, -0.05) is 12.8 Å². The van der Waals surface area contributed by atoms with Gasteiger partial charge < -0.3 is 4.74 Å². The number of ether oxygens (including phenoxy) is 1. The van der Waals surface area contributed by atoms with E-state index >= 15 is 0 Å². The van der Waals surface area contributed by atoms with Crippen LogP contribution < -0.4 is 0 Å². The van der Waals surface area contributed by atoms with Crippen molar-refractivity contribution in [2.45, 2.75) is 45.6 Å². The Hall–Kier alpha value is -0.0900. The molecule has 0 saturated heterocycles. The molecule has 0 aliphatic rings. The highest BCUT2D eigenvalue weighted by Gasteiger charge is 2.00. The van der Waals surface area contributed by atoms with Crippen molar-refractivity contribution in [3.8, 4) is 0 Å². The Morgan fingerprint density at radius 2 is 1.64 bits per heavy atom. The van der Waals surface area contributed by atoms with Crippen molar-refractivity contribution in [2.75, 3.05) is 18.6 Å². The molecule has 0 N–H and O–H groups in total. The molecule has 0 heterocycles. The van der Waals surface area contributed by atoms with E-state index in [1.165, 1.54) is 6.26 Å². The van der Waals surface area contributed by atoms with E-state index in [-0.39, 0.29) is 0 Å². The molecule has 0 aliphatic heterocycles. The summed E-state index contributed by atoms with van der Waals surface area (Å²) >= 11 is 0. The predicted octanol–water partition coefficient (Wildman–Crippen LogP) is 2.02. The van der Waals surface area contributed by atoms with Crippen molar-refractivity contribution in [1.82, 2.24) is 0 Å². The molecule has 0 aliphatic carbocycles. The zero-order valence-electron chi connectivity index (χ0n) is 9.45. The van der Waals surface area contributed by atoms with Gasteiger partial charge in [0.25, 0.3) is 0 Å². The molecule has 0 bridgehead atoms. The second-order valence-electron chi connectivity index (χ2n) is 3.96. The highest BCUT2D eigenvalue weighted by molar-refractivity contribution is 7.90. The summed E-state index contributed by atoms with van der Waals surface area (Å²) in [5, 5.41) is 0. The van der Waals surface area contributed by atoms with Gasteiger partial charge in [-0.15, -0.1) is 0 Å². The van der Waals surface area contributed by atoms with Crippen LogP contribution in [-0.2, 0) is 14.6 Å². The Kier molecular flexibility index (Phi) is 7.19. The van der Waals surface area contributed by atoms with E-state index in [4.69, 9.17) is 4.74 Å². The Bertz CT molecular complexity index is 220. The molecule has 0 atom stereocenters. The highest BCUT2D eigenvalue weighted by atomic mass is 32.2. The zero-order valence-corrected chi connectivity index (χ0v) is 10.3. The Morgan fingerprint density at radius 3 is 2.14 bits per heavy atom. The Balaban J connectivity index is 3.15. The molecule has 0 spiro atoms. The highest BCUT2D eigenvalue weighted by Crippen LogP contribution is 2.03. The summed E-state index contributed by atoms with van der Waals surface area (Å²) in [4.78, 5) is 0. The summed E-state index contributed by atoms with van der Waals surface area (Å²) in [7, 11) is -2.76. The van der Waals surface area contributed by atoms with Crippen molar-refractivity contribution in [2.24, 2.45) is 0 Å². The summed E-state index contributed by atoms with van der Waals surface area (Å²) in [5.74, 6) is 0.317. The number of rotatable bonds is 8. The van der Waals surface area contributed by atoms with Crippen LogP contribution in [0.3, 0.4) is 0 Å². The summed E-state index contributed by atoms with van der Waals surface area (Å²) in [6, 6.07) is 0. The van der Waals surface area contributed by atoms with Crippen molar-refractivity contribution < 1.29 is 13.2 Å². The fourth-order valence-corrected chi connectivity index (χ4v) is 1.87. The molecule has 14 heavy (non-hydrogen) atoms. The van der Waals surface area contributed by atoms with Gasteiger partial charge in [-0.25, -0.2) is 8.42 Å². The maximum Gasteiger partial charge on any atom is 0.147 e. The summed E-state index contributed by atoms with van der Waals surface area (Å²) in [5.41, 5.74) is 0. The molecular weight excluding hydrogens is 200 g/mol. The number of hydrogen-bond acceptors (Lipinski definition) is 3. The van der Waals surface area contributed by atoms with Crippen LogP contribution >= 0.6 is 0 Å². The molecule has 0 rings (SSSR count). The van der Waals surface area contributed by atoms with Gasteiger partial charge in [0.1, 0.15) is 9.84 Å². The van der Waals surface area contributed by atoms with E-state index in [2.05, 4.69) is 0 Å². The van der Waals surface area contributed by atoms with E-state index in [1.54, 1.807) is 0 Å². The minimum atomic E-state index is -2.76. The smallest absolute Gasteiger partial charge is 0.147 e. The maximum atomic E-state index is 10.8. The van der Waals surface area contributed by atoms with Gasteiger partial charge in [0.2, 0.25) is 0 Å². The lowest BCUT2D eigenvalue weighted by molar-refractivity contribution is 0.0757. The first kappa shape index (κ1) is 13.9. The van der Waals surface area contributed by atoms with Crippen molar-refractivity contribution in [1.29, 1.82) is 0 Å². The van der Waals surface area contributed by atoms with E-state index in [9.17, 15) is 8.42 Å². The van der Waals surface area contributed by atoms with Crippen LogP contribution in [0.25, 0.3) is 0 Å². The van der Waals surface area contributed by atoms with Crippen LogP contribution in [0.4, 0.5) is 0 Å². The molecule has 3 nitrogen and oxygen atoms in total. The second kappa shape index (κ2) is 7.23. The van der Waals surface area contributed by atoms with Gasteiger partial charge in [-0.3, -0.25) is 0 Å².